The maximum atomic E-state index is 13.8. The van der Waals surface area contributed by atoms with E-state index in [1.165, 1.54) is 18.9 Å². The zero-order chi connectivity index (χ0) is 34.6. The molecule has 2 bridgehead atoms. The van der Waals surface area contributed by atoms with Gasteiger partial charge in [0.15, 0.2) is 17.3 Å². The van der Waals surface area contributed by atoms with Crippen molar-refractivity contribution in [1.29, 1.82) is 5.26 Å². The first kappa shape index (κ1) is 31.3. The molecule has 6 atom stereocenters. The largest absolute Gasteiger partial charge is 0.498 e. The van der Waals surface area contributed by atoms with Gasteiger partial charge in [-0.05, 0) is 51.4 Å². The Morgan fingerprint density at radius 3 is 2.37 bits per heavy atom. The number of methoxy groups -OCH3 is 1. The Labute approximate surface area is 281 Å². The zero-order valence-electron chi connectivity index (χ0n) is 27.6. The summed E-state index contributed by atoms with van der Waals surface area (Å²) < 4.78 is 23.4. The van der Waals surface area contributed by atoms with E-state index >= 15 is 0 Å². The Morgan fingerprint density at radius 1 is 1.06 bits per heavy atom. The number of fused-ring (bicyclic) bond motifs is 9. The van der Waals surface area contributed by atoms with Gasteiger partial charge in [-0.2, -0.15) is 5.26 Å². The SMILES string of the molecule is COC1=C(C)C(=O)C2=C([C@H]1O)[C@@H]1[C@@H]3Cc4c(OC(C)=O)c(C)c5c(c4[C@H](CN4C(=O)c6ccccc6C4=O)N3[C@@H](C#N)[C@H](C2)N1C)OCO5. The summed E-state index contributed by atoms with van der Waals surface area (Å²) in [6.45, 7) is 4.45. The Bertz CT molecular complexity index is 1980. The first-order valence-corrected chi connectivity index (χ1v) is 16.2. The molecule has 1 aliphatic carbocycles. The van der Waals surface area contributed by atoms with E-state index in [4.69, 9.17) is 18.9 Å². The number of aliphatic hydroxyl groups is 1. The van der Waals surface area contributed by atoms with Gasteiger partial charge in [-0.3, -0.25) is 33.9 Å². The normalized spacial score (nSPS) is 28.6. The number of piperazine rings is 1. The highest BCUT2D eigenvalue weighted by atomic mass is 16.7. The van der Waals surface area contributed by atoms with Crippen LogP contribution in [-0.2, 0) is 20.7 Å². The van der Waals surface area contributed by atoms with Crippen LogP contribution in [0, 0.1) is 18.3 Å². The fourth-order valence-electron chi connectivity index (χ4n) is 9.06. The minimum atomic E-state index is -1.21. The van der Waals surface area contributed by atoms with E-state index in [9.17, 15) is 29.5 Å². The number of carbonyl (C=O) groups is 4. The lowest BCUT2D eigenvalue weighted by atomic mass is 9.68. The number of hydrogen-bond donors (Lipinski definition) is 1. The number of likely N-dealkylation sites (N-methyl/N-ethyl adjacent to an activating group) is 1. The molecule has 5 aliphatic heterocycles. The monoisotopic (exact) mass is 666 g/mol. The van der Waals surface area contributed by atoms with E-state index in [1.54, 1.807) is 38.1 Å². The van der Waals surface area contributed by atoms with Gasteiger partial charge in [0.2, 0.25) is 6.79 Å². The number of carbonyl (C=O) groups excluding carboxylic acids is 4. The van der Waals surface area contributed by atoms with Crippen LogP contribution in [0.5, 0.6) is 17.2 Å². The Balaban J connectivity index is 1.36. The summed E-state index contributed by atoms with van der Waals surface area (Å²) in [6.07, 6.45) is -0.796. The fourth-order valence-corrected chi connectivity index (χ4v) is 9.06. The predicted molar refractivity (Wildman–Crippen MR) is 170 cm³/mol. The highest BCUT2D eigenvalue weighted by molar-refractivity contribution is 6.21. The molecule has 1 N–H and O–H groups in total. The van der Waals surface area contributed by atoms with Gasteiger partial charge in [0.25, 0.3) is 11.8 Å². The highest BCUT2D eigenvalue weighted by Crippen LogP contribution is 2.57. The molecule has 0 radical (unpaired) electrons. The van der Waals surface area contributed by atoms with E-state index in [0.717, 1.165) is 0 Å². The number of rotatable bonds is 4. The van der Waals surface area contributed by atoms with Crippen LogP contribution in [0.25, 0.3) is 0 Å². The first-order chi connectivity index (χ1) is 23.5. The van der Waals surface area contributed by atoms with Crippen molar-refractivity contribution in [2.45, 2.75) is 69.9 Å². The minimum absolute atomic E-state index is 0.0962. The molecule has 0 unspecified atom stereocenters. The maximum Gasteiger partial charge on any atom is 0.308 e. The minimum Gasteiger partial charge on any atom is -0.498 e. The topological polar surface area (TPSA) is 159 Å². The molecule has 1 saturated heterocycles. The third kappa shape index (κ3) is 4.14. The van der Waals surface area contributed by atoms with Crippen LogP contribution < -0.4 is 14.2 Å². The lowest BCUT2D eigenvalue weighted by molar-refractivity contribution is -0.132. The number of aliphatic hydroxyl groups excluding tert-OH is 1. The van der Waals surface area contributed by atoms with Crippen molar-refractivity contribution in [3.8, 4) is 23.3 Å². The molecule has 0 aromatic heterocycles. The number of amides is 2. The van der Waals surface area contributed by atoms with Gasteiger partial charge < -0.3 is 24.1 Å². The number of hydrogen-bond acceptors (Lipinski definition) is 12. The molecule has 5 heterocycles. The molecule has 0 spiro atoms. The van der Waals surface area contributed by atoms with E-state index < -0.39 is 54.1 Å². The van der Waals surface area contributed by atoms with Gasteiger partial charge >= 0.3 is 5.97 Å². The van der Waals surface area contributed by atoms with Gasteiger partial charge in [0.1, 0.15) is 23.7 Å². The summed E-state index contributed by atoms with van der Waals surface area (Å²) in [7, 11) is 3.29. The number of imide groups is 1. The Morgan fingerprint density at radius 2 is 1.73 bits per heavy atom. The molecule has 49 heavy (non-hydrogen) atoms. The van der Waals surface area contributed by atoms with Crippen LogP contribution in [0.2, 0.25) is 0 Å². The molecule has 2 amide bonds. The highest BCUT2D eigenvalue weighted by Gasteiger charge is 2.59. The lowest BCUT2D eigenvalue weighted by Gasteiger charge is -2.61. The summed E-state index contributed by atoms with van der Waals surface area (Å²) in [5.74, 6) is -0.485. The molecule has 13 nitrogen and oxygen atoms in total. The first-order valence-electron chi connectivity index (χ1n) is 16.2. The molecule has 8 rings (SSSR count). The van der Waals surface area contributed by atoms with Crippen LogP contribution in [0.4, 0.5) is 0 Å². The van der Waals surface area contributed by atoms with Crippen LogP contribution in [0.3, 0.4) is 0 Å². The average molecular weight is 667 g/mol. The smallest absolute Gasteiger partial charge is 0.308 e. The van der Waals surface area contributed by atoms with Crippen molar-refractivity contribution in [2.24, 2.45) is 0 Å². The van der Waals surface area contributed by atoms with Crippen LogP contribution >= 0.6 is 0 Å². The predicted octanol–water partition coefficient (Wildman–Crippen LogP) is 2.35. The Hall–Kier alpha value is -5.03. The van der Waals surface area contributed by atoms with Crippen molar-refractivity contribution >= 4 is 23.6 Å². The lowest BCUT2D eigenvalue weighted by Crippen LogP contribution is -2.73. The van der Waals surface area contributed by atoms with Crippen LogP contribution in [0.1, 0.15) is 63.7 Å². The summed E-state index contributed by atoms with van der Waals surface area (Å²) in [6, 6.07) is 5.83. The summed E-state index contributed by atoms with van der Waals surface area (Å²) >= 11 is 0. The number of allylic oxidation sites excluding steroid dienone is 1. The molecule has 0 saturated carbocycles. The third-order valence-corrected chi connectivity index (χ3v) is 11.1. The number of esters is 1. The number of nitriles is 1. The van der Waals surface area contributed by atoms with Crippen molar-refractivity contribution in [2.75, 3.05) is 27.5 Å². The molecule has 1 fully saturated rings. The van der Waals surface area contributed by atoms with Crippen LogP contribution in [-0.4, -0.2) is 101 Å². The van der Waals surface area contributed by atoms with E-state index in [2.05, 4.69) is 6.07 Å². The summed E-state index contributed by atoms with van der Waals surface area (Å²) in [4.78, 5) is 59.2. The molecular formula is C36H34N4O9. The van der Waals surface area contributed by atoms with E-state index in [1.807, 2.05) is 16.8 Å². The molecular weight excluding hydrogens is 632 g/mol. The second-order valence-electron chi connectivity index (χ2n) is 13.3. The molecule has 13 heteroatoms. The average Bonchev–Trinajstić information content (AvgIpc) is 3.66. The molecule has 6 aliphatic rings. The number of benzene rings is 2. The number of nitrogens with zero attached hydrogens (tertiary/aromatic N) is 4. The van der Waals surface area contributed by atoms with Crippen molar-refractivity contribution in [1.82, 2.24) is 14.7 Å². The van der Waals surface area contributed by atoms with Gasteiger partial charge in [-0.15, -0.1) is 0 Å². The zero-order valence-corrected chi connectivity index (χ0v) is 27.6. The van der Waals surface area contributed by atoms with Gasteiger partial charge in [0, 0.05) is 53.4 Å². The Kier molecular flexibility index (Phi) is 7.01. The van der Waals surface area contributed by atoms with Crippen LogP contribution in [0.15, 0.2) is 46.7 Å². The summed E-state index contributed by atoms with van der Waals surface area (Å²) in [5, 5.41) is 22.7. The third-order valence-electron chi connectivity index (χ3n) is 11.1. The fraction of sp³-hybridized carbons (Fsp3) is 0.417. The molecule has 2 aromatic carbocycles. The van der Waals surface area contributed by atoms with Gasteiger partial charge in [-0.1, -0.05) is 12.1 Å². The van der Waals surface area contributed by atoms with Crippen molar-refractivity contribution < 1.29 is 43.2 Å². The van der Waals surface area contributed by atoms with E-state index in [-0.39, 0.29) is 54.6 Å². The second-order valence-corrected chi connectivity index (χ2v) is 13.3. The van der Waals surface area contributed by atoms with Gasteiger partial charge in [0.05, 0.1) is 36.4 Å². The molecule has 2 aromatic rings. The number of Topliss-reactive ketones (excluding diaryl/α,β-unsaturated/α-hetero) is 1. The quantitative estimate of drug-likeness (QED) is 0.289. The standard InChI is InChI=1S/C36H34N4O9/c1-15-29(42)20-10-22-24(12-37)40-23(28(38(22)4)27(20)30(43)32(15)46-5)11-21-26(34-33(47-14-48-34)16(2)31(21)49-17(3)41)25(40)13-39-35(44)18-8-6-7-9-19(18)36(39)45/h6-9,22-25,28,30,43H,10-11,13-14H2,1-5H3/t22-,23-,24-,25-,28-,30+/m0/s1. The maximum absolute atomic E-state index is 13.8. The van der Waals surface area contributed by atoms with E-state index in [0.29, 0.717) is 44.9 Å². The van der Waals surface area contributed by atoms with Crippen molar-refractivity contribution in [3.63, 3.8) is 0 Å². The van der Waals surface area contributed by atoms with Crippen molar-refractivity contribution in [3.05, 3.63) is 74.6 Å². The summed E-state index contributed by atoms with van der Waals surface area (Å²) in [5.41, 5.74) is 3.56. The molecule has 252 valence electrons. The second kappa shape index (κ2) is 11.0. The number of ether oxygens (including phenoxy) is 4. The number of ketones is 1. The van der Waals surface area contributed by atoms with Gasteiger partial charge in [-0.25, -0.2) is 0 Å².